The van der Waals surface area contributed by atoms with E-state index in [0.717, 1.165) is 5.69 Å². The second-order valence-corrected chi connectivity index (χ2v) is 6.02. The van der Waals surface area contributed by atoms with Gasteiger partial charge >= 0.3 is 6.18 Å². The van der Waals surface area contributed by atoms with Gasteiger partial charge in [0.15, 0.2) is 0 Å². The lowest BCUT2D eigenvalue weighted by Crippen LogP contribution is -2.44. The minimum Gasteiger partial charge on any atom is -0.338 e. The predicted octanol–water partition coefficient (Wildman–Crippen LogP) is 3.60. The summed E-state index contributed by atoms with van der Waals surface area (Å²) in [7, 11) is 0. The first-order chi connectivity index (χ1) is 11.4. The molecule has 0 bridgehead atoms. The zero-order valence-electron chi connectivity index (χ0n) is 13.3. The normalized spacial score (nSPS) is 18.7. The van der Waals surface area contributed by atoms with Crippen molar-refractivity contribution >= 4 is 5.91 Å². The molecule has 24 heavy (non-hydrogen) atoms. The summed E-state index contributed by atoms with van der Waals surface area (Å²) in [6.45, 7) is 1.82. The first-order valence-electron chi connectivity index (χ1n) is 7.84. The summed E-state index contributed by atoms with van der Waals surface area (Å²) >= 11 is 0. The fraction of sp³-hybridized carbons (Fsp3) is 0.412. The van der Waals surface area contributed by atoms with Crippen LogP contribution in [0.5, 0.6) is 0 Å². The van der Waals surface area contributed by atoms with Crippen LogP contribution >= 0.6 is 0 Å². The topological polar surface area (TPSA) is 38.1 Å². The van der Waals surface area contributed by atoms with Gasteiger partial charge in [-0.05, 0) is 31.9 Å². The Bertz CT molecular complexity index is 724. The summed E-state index contributed by atoms with van der Waals surface area (Å²) in [4.78, 5) is 13.9. The van der Waals surface area contributed by atoms with Crippen molar-refractivity contribution in [3.63, 3.8) is 0 Å². The van der Waals surface area contributed by atoms with Crippen LogP contribution in [-0.2, 0) is 0 Å². The molecule has 128 valence electrons. The van der Waals surface area contributed by atoms with Crippen molar-refractivity contribution in [3.8, 4) is 5.69 Å². The summed E-state index contributed by atoms with van der Waals surface area (Å²) in [5, 5.41) is 4.22. The van der Waals surface area contributed by atoms with Gasteiger partial charge in [0.1, 0.15) is 0 Å². The monoisotopic (exact) mass is 337 g/mol. The van der Waals surface area contributed by atoms with Crippen LogP contribution in [0.15, 0.2) is 36.5 Å². The average molecular weight is 337 g/mol. The van der Waals surface area contributed by atoms with Gasteiger partial charge in [-0.3, -0.25) is 4.79 Å². The van der Waals surface area contributed by atoms with E-state index >= 15 is 0 Å². The molecule has 0 N–H and O–H groups in total. The second-order valence-electron chi connectivity index (χ2n) is 6.02. The van der Waals surface area contributed by atoms with E-state index in [1.165, 1.54) is 11.1 Å². The number of amides is 1. The molecule has 0 aliphatic carbocycles. The number of nitrogens with zero attached hydrogens (tertiary/aromatic N) is 3. The first kappa shape index (κ1) is 16.5. The molecule has 1 saturated heterocycles. The van der Waals surface area contributed by atoms with Crippen molar-refractivity contribution in [2.75, 3.05) is 13.1 Å². The van der Waals surface area contributed by atoms with Crippen LogP contribution in [0, 0.1) is 12.8 Å². The van der Waals surface area contributed by atoms with Crippen LogP contribution in [0.1, 0.15) is 28.9 Å². The summed E-state index contributed by atoms with van der Waals surface area (Å²) < 4.78 is 40.4. The van der Waals surface area contributed by atoms with Gasteiger partial charge in [0.05, 0.1) is 29.1 Å². The van der Waals surface area contributed by atoms with Gasteiger partial charge in [-0.15, -0.1) is 0 Å². The Morgan fingerprint density at radius 2 is 1.96 bits per heavy atom. The van der Waals surface area contributed by atoms with Gasteiger partial charge < -0.3 is 4.90 Å². The minimum absolute atomic E-state index is 0.0789. The molecule has 0 spiro atoms. The van der Waals surface area contributed by atoms with Gasteiger partial charge in [-0.2, -0.15) is 18.3 Å². The lowest BCUT2D eigenvalue weighted by molar-refractivity contribution is -0.184. The van der Waals surface area contributed by atoms with Crippen molar-refractivity contribution in [2.45, 2.75) is 25.9 Å². The standard InChI is InChI=1S/C17H18F3N3O/c1-12-15(10-21-23(12)14-7-3-2-4-8-14)16(24)22-9-5-6-13(11-22)17(18,19)20/h2-4,7-8,10,13H,5-6,9,11H2,1H3. The van der Waals surface area contributed by atoms with Gasteiger partial charge in [0.25, 0.3) is 5.91 Å². The van der Waals surface area contributed by atoms with E-state index in [9.17, 15) is 18.0 Å². The maximum atomic E-state index is 12.9. The molecule has 1 fully saturated rings. The Balaban J connectivity index is 1.82. The lowest BCUT2D eigenvalue weighted by atomic mass is 9.97. The van der Waals surface area contributed by atoms with Crippen molar-refractivity contribution < 1.29 is 18.0 Å². The fourth-order valence-corrected chi connectivity index (χ4v) is 3.05. The molecule has 1 unspecified atom stereocenters. The molecule has 1 aliphatic rings. The molecule has 1 atom stereocenters. The zero-order valence-corrected chi connectivity index (χ0v) is 13.3. The van der Waals surface area contributed by atoms with Crippen molar-refractivity contribution in [1.82, 2.24) is 14.7 Å². The molecule has 4 nitrogen and oxygen atoms in total. The number of hydrogen-bond donors (Lipinski definition) is 0. The van der Waals surface area contributed by atoms with Gasteiger partial charge in [-0.25, -0.2) is 4.68 Å². The highest BCUT2D eigenvalue weighted by Crippen LogP contribution is 2.33. The quantitative estimate of drug-likeness (QED) is 0.840. The molecular formula is C17H18F3N3O. The van der Waals surface area contributed by atoms with Gasteiger partial charge in [-0.1, -0.05) is 18.2 Å². The molecule has 3 rings (SSSR count). The van der Waals surface area contributed by atoms with Gasteiger partial charge in [0.2, 0.25) is 0 Å². The summed E-state index contributed by atoms with van der Waals surface area (Å²) in [5.74, 6) is -1.83. The van der Waals surface area contributed by atoms with Crippen LogP contribution in [0.4, 0.5) is 13.2 Å². The van der Waals surface area contributed by atoms with Gasteiger partial charge in [0, 0.05) is 13.1 Å². The maximum absolute atomic E-state index is 12.9. The highest BCUT2D eigenvalue weighted by Gasteiger charge is 2.43. The van der Waals surface area contributed by atoms with E-state index in [1.54, 1.807) is 11.6 Å². The third-order valence-corrected chi connectivity index (χ3v) is 4.41. The number of piperidine rings is 1. The SMILES string of the molecule is Cc1c(C(=O)N2CCCC(C(F)(F)F)C2)cnn1-c1ccccc1. The number of para-hydroxylation sites is 1. The van der Waals surface area contributed by atoms with Crippen molar-refractivity contribution in [1.29, 1.82) is 0 Å². The molecule has 0 saturated carbocycles. The second kappa shape index (κ2) is 6.30. The first-order valence-corrected chi connectivity index (χ1v) is 7.84. The number of carbonyl (C=O) groups is 1. The van der Waals surface area contributed by atoms with E-state index in [-0.39, 0.29) is 18.9 Å². The molecule has 1 amide bonds. The van der Waals surface area contributed by atoms with E-state index in [2.05, 4.69) is 5.10 Å². The number of benzene rings is 1. The average Bonchev–Trinajstić information content (AvgIpc) is 2.96. The number of aromatic nitrogens is 2. The lowest BCUT2D eigenvalue weighted by Gasteiger charge is -2.33. The van der Waals surface area contributed by atoms with E-state index in [4.69, 9.17) is 0 Å². The number of rotatable bonds is 2. The molecule has 0 radical (unpaired) electrons. The number of alkyl halides is 3. The fourth-order valence-electron chi connectivity index (χ4n) is 3.05. The molecule has 1 aliphatic heterocycles. The van der Waals surface area contributed by atoms with Crippen molar-refractivity contribution in [2.24, 2.45) is 5.92 Å². The smallest absolute Gasteiger partial charge is 0.338 e. The Labute approximate surface area is 137 Å². The minimum atomic E-state index is -4.26. The van der Waals surface area contributed by atoms with Crippen LogP contribution in [0.3, 0.4) is 0 Å². The summed E-state index contributed by atoms with van der Waals surface area (Å²) in [6, 6.07) is 9.30. The highest BCUT2D eigenvalue weighted by molar-refractivity contribution is 5.95. The summed E-state index contributed by atoms with van der Waals surface area (Å²) in [5.41, 5.74) is 1.78. The Hall–Kier alpha value is -2.31. The van der Waals surface area contributed by atoms with Crippen molar-refractivity contribution in [3.05, 3.63) is 47.8 Å². The molecule has 2 heterocycles. The van der Waals surface area contributed by atoms with Crippen LogP contribution < -0.4 is 0 Å². The highest BCUT2D eigenvalue weighted by atomic mass is 19.4. The number of carbonyl (C=O) groups excluding carboxylic acids is 1. The van der Waals surface area contributed by atoms with E-state index in [0.29, 0.717) is 24.2 Å². The zero-order chi connectivity index (χ0) is 17.3. The Morgan fingerprint density at radius 1 is 1.25 bits per heavy atom. The third kappa shape index (κ3) is 3.16. The molecular weight excluding hydrogens is 319 g/mol. The number of likely N-dealkylation sites (tertiary alicyclic amines) is 1. The van der Waals surface area contributed by atoms with E-state index < -0.39 is 12.1 Å². The molecule has 7 heteroatoms. The van der Waals surface area contributed by atoms with Crippen LogP contribution in [-0.4, -0.2) is 39.9 Å². The summed E-state index contributed by atoms with van der Waals surface area (Å²) in [6.07, 6.45) is -2.39. The largest absolute Gasteiger partial charge is 0.393 e. The predicted molar refractivity (Wildman–Crippen MR) is 83.0 cm³/mol. The van der Waals surface area contributed by atoms with Crippen LogP contribution in [0.2, 0.25) is 0 Å². The van der Waals surface area contributed by atoms with E-state index in [1.807, 2.05) is 30.3 Å². The molecule has 1 aromatic carbocycles. The third-order valence-electron chi connectivity index (χ3n) is 4.41. The molecule has 1 aromatic heterocycles. The van der Waals surface area contributed by atoms with Crippen LogP contribution in [0.25, 0.3) is 5.69 Å². The molecule has 2 aromatic rings. The Morgan fingerprint density at radius 3 is 2.62 bits per heavy atom. The maximum Gasteiger partial charge on any atom is 0.393 e. The number of halogens is 3. The Kier molecular flexibility index (Phi) is 4.34. The number of hydrogen-bond acceptors (Lipinski definition) is 2.